The number of benzene rings is 2. The third kappa shape index (κ3) is 4.75. The molecule has 0 fully saturated rings. The minimum absolute atomic E-state index is 0.0333. The van der Waals surface area contributed by atoms with Crippen molar-refractivity contribution in [3.05, 3.63) is 84.4 Å². The average Bonchev–Trinajstić information content (AvgIpc) is 2.71. The van der Waals surface area contributed by atoms with E-state index in [1.165, 1.54) is 6.26 Å². The normalized spacial score (nSPS) is 11.5. The van der Waals surface area contributed by atoms with Gasteiger partial charge in [-0.15, -0.1) is 0 Å². The Bertz CT molecular complexity index is 1260. The van der Waals surface area contributed by atoms with Gasteiger partial charge < -0.3 is 5.32 Å². The van der Waals surface area contributed by atoms with Gasteiger partial charge in [0.15, 0.2) is 9.84 Å². The van der Waals surface area contributed by atoms with Crippen molar-refractivity contribution in [2.24, 2.45) is 0 Å². The maximum atomic E-state index is 11.6. The summed E-state index contributed by atoms with van der Waals surface area (Å²) in [6.07, 6.45) is 6.08. The lowest BCUT2D eigenvalue weighted by atomic mass is 10.0. The van der Waals surface area contributed by atoms with Crippen molar-refractivity contribution < 1.29 is 8.42 Å². The van der Waals surface area contributed by atoms with Crippen LogP contribution in [-0.2, 0) is 22.1 Å². The van der Waals surface area contributed by atoms with Crippen LogP contribution in [0.3, 0.4) is 0 Å². The van der Waals surface area contributed by atoms with E-state index in [1.54, 1.807) is 18.7 Å². The van der Waals surface area contributed by atoms with E-state index in [-0.39, 0.29) is 5.75 Å². The highest BCUT2D eigenvalue weighted by molar-refractivity contribution is 7.89. The van der Waals surface area contributed by atoms with Crippen LogP contribution < -0.4 is 5.32 Å². The monoisotopic (exact) mass is 404 g/mol. The lowest BCUT2D eigenvalue weighted by molar-refractivity contribution is 0.601. The van der Waals surface area contributed by atoms with Gasteiger partial charge in [-0.05, 0) is 34.9 Å². The van der Waals surface area contributed by atoms with Crippen LogP contribution in [-0.4, -0.2) is 29.6 Å². The Kier molecular flexibility index (Phi) is 5.22. The number of hydrogen-bond acceptors (Lipinski definition) is 6. The molecule has 0 saturated carbocycles. The second-order valence-electron chi connectivity index (χ2n) is 6.95. The summed E-state index contributed by atoms with van der Waals surface area (Å²) in [5.74, 6) is 0.718. The number of nitrogens with one attached hydrogen (secondary N) is 1. The molecule has 2 heterocycles. The van der Waals surface area contributed by atoms with Crippen molar-refractivity contribution in [2.75, 3.05) is 11.6 Å². The molecule has 0 radical (unpaired) electrons. The van der Waals surface area contributed by atoms with Crippen molar-refractivity contribution in [2.45, 2.75) is 12.3 Å². The Morgan fingerprint density at radius 2 is 1.72 bits per heavy atom. The van der Waals surface area contributed by atoms with E-state index in [1.807, 2.05) is 42.5 Å². The molecule has 0 amide bonds. The summed E-state index contributed by atoms with van der Waals surface area (Å²) >= 11 is 0. The fourth-order valence-corrected chi connectivity index (χ4v) is 3.95. The van der Waals surface area contributed by atoms with Crippen molar-refractivity contribution >= 4 is 26.6 Å². The highest BCUT2D eigenvalue weighted by atomic mass is 32.2. The van der Waals surface area contributed by atoms with Crippen LogP contribution in [0.15, 0.2) is 73.3 Å². The maximum Gasteiger partial charge on any atom is 0.151 e. The van der Waals surface area contributed by atoms with Crippen molar-refractivity contribution in [3.63, 3.8) is 0 Å². The molecule has 0 unspecified atom stereocenters. The number of aromatic nitrogens is 3. The minimum atomic E-state index is -3.12. The van der Waals surface area contributed by atoms with Crippen molar-refractivity contribution in [3.8, 4) is 11.1 Å². The van der Waals surface area contributed by atoms with E-state index in [0.29, 0.717) is 12.1 Å². The molecule has 0 atom stereocenters. The first-order valence-electron chi connectivity index (χ1n) is 9.12. The standard InChI is InChI=1S/C22H20N4O2S/c1-29(27,28)14-17-9-19(13-23-11-17)18-7-8-21-20(10-18)22(26-15-25-21)24-12-16-5-3-2-4-6-16/h2-11,13,15H,12,14H2,1H3,(H,24,25,26). The van der Waals surface area contributed by atoms with Crippen LogP contribution >= 0.6 is 0 Å². The summed E-state index contributed by atoms with van der Waals surface area (Å²) in [5.41, 5.74) is 4.44. The maximum absolute atomic E-state index is 11.6. The van der Waals surface area contributed by atoms with Crippen LogP contribution in [0.25, 0.3) is 22.0 Å². The zero-order chi connectivity index (χ0) is 20.3. The number of rotatable bonds is 6. The third-order valence-electron chi connectivity index (χ3n) is 4.50. The Morgan fingerprint density at radius 3 is 2.52 bits per heavy atom. The van der Waals surface area contributed by atoms with Gasteiger partial charge in [0.05, 0.1) is 11.3 Å². The lowest BCUT2D eigenvalue weighted by Gasteiger charge is -2.10. The Morgan fingerprint density at radius 1 is 0.897 bits per heavy atom. The number of pyridine rings is 1. The van der Waals surface area contributed by atoms with Crippen LogP contribution in [0.4, 0.5) is 5.82 Å². The van der Waals surface area contributed by atoms with Crippen molar-refractivity contribution in [1.29, 1.82) is 0 Å². The molecule has 1 N–H and O–H groups in total. The molecule has 2 aromatic heterocycles. The highest BCUT2D eigenvalue weighted by Crippen LogP contribution is 2.27. The van der Waals surface area contributed by atoms with Crippen molar-refractivity contribution in [1.82, 2.24) is 15.0 Å². The van der Waals surface area contributed by atoms with Crippen LogP contribution in [0.1, 0.15) is 11.1 Å². The molecule has 29 heavy (non-hydrogen) atoms. The predicted octanol–water partition coefficient (Wildman–Crippen LogP) is 3.85. The zero-order valence-electron chi connectivity index (χ0n) is 15.9. The summed E-state index contributed by atoms with van der Waals surface area (Å²) in [5, 5.41) is 4.28. The molecule has 7 heteroatoms. The number of fused-ring (bicyclic) bond motifs is 1. The molecule has 0 bridgehead atoms. The number of nitrogens with zero attached hydrogens (tertiary/aromatic N) is 3. The van der Waals surface area contributed by atoms with Crippen LogP contribution in [0, 0.1) is 0 Å². The number of hydrogen-bond donors (Lipinski definition) is 1. The molecule has 2 aromatic carbocycles. The summed E-state index contributed by atoms with van der Waals surface area (Å²) in [6.45, 7) is 0.655. The van der Waals surface area contributed by atoms with Crippen LogP contribution in [0.5, 0.6) is 0 Å². The van der Waals surface area contributed by atoms with Gasteiger partial charge >= 0.3 is 0 Å². The fourth-order valence-electron chi connectivity index (χ4n) is 3.19. The first-order valence-corrected chi connectivity index (χ1v) is 11.2. The predicted molar refractivity (Wildman–Crippen MR) is 115 cm³/mol. The van der Waals surface area contributed by atoms with Gasteiger partial charge in [-0.1, -0.05) is 36.4 Å². The molecule has 4 rings (SSSR count). The minimum Gasteiger partial charge on any atom is -0.365 e. The molecular formula is C22H20N4O2S. The van der Waals surface area contributed by atoms with Gasteiger partial charge in [0.2, 0.25) is 0 Å². The van der Waals surface area contributed by atoms with Gasteiger partial charge in [0, 0.05) is 36.1 Å². The summed E-state index contributed by atoms with van der Waals surface area (Å²) in [4.78, 5) is 13.0. The SMILES string of the molecule is CS(=O)(=O)Cc1cncc(-c2ccc3ncnc(NCc4ccccc4)c3c2)c1. The van der Waals surface area contributed by atoms with Gasteiger partial charge in [0.25, 0.3) is 0 Å². The van der Waals surface area contributed by atoms with E-state index in [9.17, 15) is 8.42 Å². The van der Waals surface area contributed by atoms with E-state index >= 15 is 0 Å². The summed E-state index contributed by atoms with van der Waals surface area (Å²) in [6, 6.07) is 17.9. The van der Waals surface area contributed by atoms with Gasteiger partial charge in [-0.25, -0.2) is 18.4 Å². The fraction of sp³-hybridized carbons (Fsp3) is 0.136. The smallest absolute Gasteiger partial charge is 0.151 e. The van der Waals surface area contributed by atoms with E-state index in [0.717, 1.165) is 33.4 Å². The Hall–Kier alpha value is -3.32. The molecule has 0 aliphatic carbocycles. The van der Waals surface area contributed by atoms with Gasteiger partial charge in [-0.3, -0.25) is 4.98 Å². The second-order valence-corrected chi connectivity index (χ2v) is 9.09. The first-order chi connectivity index (χ1) is 14.0. The highest BCUT2D eigenvalue weighted by Gasteiger charge is 2.09. The van der Waals surface area contributed by atoms with Gasteiger partial charge in [0.1, 0.15) is 12.1 Å². The quantitative estimate of drug-likeness (QED) is 0.525. The number of anilines is 1. The topological polar surface area (TPSA) is 84.8 Å². The van der Waals surface area contributed by atoms with Gasteiger partial charge in [-0.2, -0.15) is 0 Å². The Labute approximate surface area is 169 Å². The van der Waals surface area contributed by atoms with E-state index in [2.05, 4.69) is 32.4 Å². The Balaban J connectivity index is 1.67. The van der Waals surface area contributed by atoms with E-state index < -0.39 is 9.84 Å². The molecule has 0 spiro atoms. The zero-order valence-corrected chi connectivity index (χ0v) is 16.7. The molecule has 0 aliphatic rings. The lowest BCUT2D eigenvalue weighted by Crippen LogP contribution is -2.02. The molecule has 146 valence electrons. The molecule has 6 nitrogen and oxygen atoms in total. The molecular weight excluding hydrogens is 384 g/mol. The summed E-state index contributed by atoms with van der Waals surface area (Å²) in [7, 11) is -3.12. The second kappa shape index (κ2) is 7.97. The summed E-state index contributed by atoms with van der Waals surface area (Å²) < 4.78 is 23.2. The first kappa shape index (κ1) is 19.0. The number of sulfone groups is 1. The largest absolute Gasteiger partial charge is 0.365 e. The van der Waals surface area contributed by atoms with E-state index in [4.69, 9.17) is 0 Å². The molecule has 0 saturated heterocycles. The molecule has 0 aliphatic heterocycles. The molecule has 4 aromatic rings. The average molecular weight is 404 g/mol. The van der Waals surface area contributed by atoms with Crippen LogP contribution in [0.2, 0.25) is 0 Å². The third-order valence-corrected chi connectivity index (χ3v) is 5.35.